The number of rotatable bonds is 10. The summed E-state index contributed by atoms with van der Waals surface area (Å²) in [6, 6.07) is 11.9. The van der Waals surface area contributed by atoms with Gasteiger partial charge in [0.1, 0.15) is 5.82 Å². The number of nitrogens with one attached hydrogen (secondary N) is 3. The van der Waals surface area contributed by atoms with Crippen LogP contribution in [0.3, 0.4) is 0 Å². The molecule has 11 heteroatoms. The van der Waals surface area contributed by atoms with Crippen molar-refractivity contribution in [1.82, 2.24) is 35.4 Å². The molecular weight excluding hydrogens is 586 g/mol. The molecule has 0 bridgehead atoms. The number of para-hydroxylation sites is 1. The number of fused-ring (bicyclic) bond motifs is 1. The molecule has 6 rings (SSSR count). The van der Waals surface area contributed by atoms with Crippen molar-refractivity contribution in [2.24, 2.45) is 5.92 Å². The molecule has 4 heterocycles. The van der Waals surface area contributed by atoms with Gasteiger partial charge in [0, 0.05) is 48.5 Å². The molecule has 1 aliphatic carbocycles. The highest BCUT2D eigenvalue weighted by atomic mass is 32.1. The molecule has 1 saturated heterocycles. The van der Waals surface area contributed by atoms with E-state index in [1.807, 2.05) is 48.7 Å². The van der Waals surface area contributed by atoms with Gasteiger partial charge in [-0.3, -0.25) is 19.3 Å². The molecule has 2 aliphatic rings. The predicted molar refractivity (Wildman–Crippen MR) is 176 cm³/mol. The fraction of sp³-hybridized carbons (Fsp3) is 0.441. The van der Waals surface area contributed by atoms with E-state index in [2.05, 4.69) is 32.4 Å². The topological polar surface area (TPSA) is 123 Å². The Bertz CT molecular complexity index is 1660. The molecule has 1 saturated carbocycles. The highest BCUT2D eigenvalue weighted by Crippen LogP contribution is 2.34. The van der Waals surface area contributed by atoms with E-state index in [0.29, 0.717) is 36.9 Å². The smallest absolute Gasteiger partial charge is 0.252 e. The van der Waals surface area contributed by atoms with E-state index in [1.165, 1.54) is 19.3 Å². The second-order valence-corrected chi connectivity index (χ2v) is 13.2. The van der Waals surface area contributed by atoms with E-state index < -0.39 is 0 Å². The van der Waals surface area contributed by atoms with Crippen molar-refractivity contribution in [1.29, 1.82) is 0 Å². The maximum Gasteiger partial charge on any atom is 0.252 e. The summed E-state index contributed by atoms with van der Waals surface area (Å²) in [6.07, 6.45) is 7.68. The molecule has 1 aromatic carbocycles. The maximum atomic E-state index is 14.2. The lowest BCUT2D eigenvalue weighted by Crippen LogP contribution is -2.52. The molecule has 10 nitrogen and oxygen atoms in total. The summed E-state index contributed by atoms with van der Waals surface area (Å²) in [5, 5.41) is 9.03. The molecule has 236 valence electrons. The standard InChI is InChI=1S/C34H41N7O3S/c1-22-17-35-29(37-22)18-36-30(42)20-41-15-14-40(21-31(41)43)19-26-32(34(44)38-23(2)24-9-4-3-5-10-24)25-11-6-7-12-27(25)39-33(26)28-13-8-16-45-28/h6-8,11-13,16-17,23-24H,3-5,9-10,14-15,18-21H2,1-2H3,(H,35,37)(H,36,42)(H,38,44). The monoisotopic (exact) mass is 627 g/mol. The largest absolute Gasteiger partial charge is 0.349 e. The number of hydrogen-bond donors (Lipinski definition) is 3. The number of nitrogens with zero attached hydrogens (tertiary/aromatic N) is 4. The molecule has 1 aliphatic heterocycles. The number of carbonyl (C=O) groups is 3. The van der Waals surface area contributed by atoms with Gasteiger partial charge in [-0.25, -0.2) is 9.97 Å². The van der Waals surface area contributed by atoms with E-state index in [1.54, 1.807) is 22.4 Å². The summed E-state index contributed by atoms with van der Waals surface area (Å²) in [4.78, 5) is 57.1. The Hall–Kier alpha value is -4.09. The van der Waals surface area contributed by atoms with Gasteiger partial charge in [0.25, 0.3) is 5.91 Å². The predicted octanol–water partition coefficient (Wildman–Crippen LogP) is 4.65. The molecule has 2 fully saturated rings. The lowest BCUT2D eigenvalue weighted by atomic mass is 9.84. The Kier molecular flexibility index (Phi) is 9.56. The van der Waals surface area contributed by atoms with Crippen LogP contribution >= 0.6 is 11.3 Å². The fourth-order valence-electron chi connectivity index (χ4n) is 6.56. The van der Waals surface area contributed by atoms with Crippen LogP contribution < -0.4 is 10.6 Å². The first-order valence-electron chi connectivity index (χ1n) is 15.9. The molecule has 0 spiro atoms. The van der Waals surface area contributed by atoms with Gasteiger partial charge in [-0.05, 0) is 50.1 Å². The fourth-order valence-corrected chi connectivity index (χ4v) is 7.31. The van der Waals surface area contributed by atoms with E-state index in [4.69, 9.17) is 4.98 Å². The Morgan fingerprint density at radius 1 is 1.11 bits per heavy atom. The quantitative estimate of drug-likeness (QED) is 0.235. The van der Waals surface area contributed by atoms with Crippen molar-refractivity contribution in [3.05, 3.63) is 70.6 Å². The third-order valence-corrected chi connectivity index (χ3v) is 9.89. The highest BCUT2D eigenvalue weighted by molar-refractivity contribution is 7.13. The highest BCUT2D eigenvalue weighted by Gasteiger charge is 2.30. The van der Waals surface area contributed by atoms with Gasteiger partial charge in [-0.2, -0.15) is 0 Å². The summed E-state index contributed by atoms with van der Waals surface area (Å²) in [5.74, 6) is 0.717. The van der Waals surface area contributed by atoms with E-state index in [0.717, 1.165) is 45.6 Å². The number of H-pyrrole nitrogens is 1. The van der Waals surface area contributed by atoms with Crippen LogP contribution in [0, 0.1) is 12.8 Å². The zero-order valence-corrected chi connectivity index (χ0v) is 26.8. The van der Waals surface area contributed by atoms with Gasteiger partial charge in [0.15, 0.2) is 0 Å². The average Bonchev–Trinajstić information content (AvgIpc) is 3.73. The normalized spacial score (nSPS) is 17.0. The van der Waals surface area contributed by atoms with Crippen molar-refractivity contribution < 1.29 is 14.4 Å². The van der Waals surface area contributed by atoms with E-state index in [9.17, 15) is 14.4 Å². The number of pyridine rings is 1. The number of aryl methyl sites for hydroxylation is 1. The Morgan fingerprint density at radius 3 is 2.67 bits per heavy atom. The van der Waals surface area contributed by atoms with Crippen molar-refractivity contribution in [2.45, 2.75) is 65.1 Å². The van der Waals surface area contributed by atoms with Crippen molar-refractivity contribution >= 4 is 40.0 Å². The molecule has 45 heavy (non-hydrogen) atoms. The number of aromatic amines is 1. The average molecular weight is 628 g/mol. The third kappa shape index (κ3) is 7.26. The van der Waals surface area contributed by atoms with Crippen molar-refractivity contribution in [2.75, 3.05) is 26.2 Å². The molecule has 3 aromatic heterocycles. The maximum absolute atomic E-state index is 14.2. The Morgan fingerprint density at radius 2 is 1.93 bits per heavy atom. The molecule has 1 unspecified atom stereocenters. The minimum absolute atomic E-state index is 0.00293. The zero-order valence-electron chi connectivity index (χ0n) is 26.0. The van der Waals surface area contributed by atoms with Gasteiger partial charge in [-0.1, -0.05) is 43.5 Å². The lowest BCUT2D eigenvalue weighted by Gasteiger charge is -2.34. The molecule has 3 N–H and O–H groups in total. The first-order valence-corrected chi connectivity index (χ1v) is 16.8. The number of imidazole rings is 1. The van der Waals surface area contributed by atoms with Crippen LogP contribution in [0.4, 0.5) is 0 Å². The number of carbonyl (C=O) groups excluding carboxylic acids is 3. The van der Waals surface area contributed by atoms with Gasteiger partial charge in [0.2, 0.25) is 11.8 Å². The number of benzene rings is 1. The minimum atomic E-state index is -0.226. The number of aromatic nitrogens is 3. The van der Waals surface area contributed by atoms with Crippen LogP contribution in [-0.2, 0) is 22.7 Å². The van der Waals surface area contributed by atoms with Crippen LogP contribution in [0.1, 0.15) is 66.5 Å². The van der Waals surface area contributed by atoms with Crippen molar-refractivity contribution in [3.63, 3.8) is 0 Å². The minimum Gasteiger partial charge on any atom is -0.349 e. The van der Waals surface area contributed by atoms with Crippen LogP contribution in [0.25, 0.3) is 21.5 Å². The number of piperazine rings is 1. The summed E-state index contributed by atoms with van der Waals surface area (Å²) in [6.45, 7) is 5.86. The van der Waals surface area contributed by atoms with Gasteiger partial charge in [0.05, 0.1) is 41.3 Å². The number of amides is 3. The number of hydrogen-bond acceptors (Lipinski definition) is 7. The molecule has 4 aromatic rings. The summed E-state index contributed by atoms with van der Waals surface area (Å²) >= 11 is 1.59. The summed E-state index contributed by atoms with van der Waals surface area (Å²) in [7, 11) is 0. The lowest BCUT2D eigenvalue weighted by molar-refractivity contribution is -0.140. The van der Waals surface area contributed by atoms with E-state index in [-0.39, 0.29) is 43.4 Å². The molecule has 1 atom stereocenters. The van der Waals surface area contributed by atoms with Gasteiger partial charge < -0.3 is 20.5 Å². The molecule has 0 radical (unpaired) electrons. The first-order chi connectivity index (χ1) is 21.9. The van der Waals surface area contributed by atoms with Crippen LogP contribution in [0.2, 0.25) is 0 Å². The first kappa shape index (κ1) is 30.9. The van der Waals surface area contributed by atoms with Gasteiger partial charge in [-0.15, -0.1) is 11.3 Å². The van der Waals surface area contributed by atoms with Crippen LogP contribution in [-0.4, -0.2) is 74.7 Å². The summed E-state index contributed by atoms with van der Waals surface area (Å²) in [5.41, 5.74) is 3.94. The van der Waals surface area contributed by atoms with Crippen molar-refractivity contribution in [3.8, 4) is 10.6 Å². The third-order valence-electron chi connectivity index (χ3n) is 9.01. The Labute approximate surface area is 267 Å². The second-order valence-electron chi connectivity index (χ2n) is 12.3. The molecule has 3 amide bonds. The molecular formula is C34H41N7O3S. The zero-order chi connectivity index (χ0) is 31.3. The number of thiophene rings is 1. The summed E-state index contributed by atoms with van der Waals surface area (Å²) < 4.78 is 0. The van der Waals surface area contributed by atoms with Crippen LogP contribution in [0.15, 0.2) is 48.0 Å². The SMILES string of the molecule is Cc1cnc(CNC(=O)CN2CCN(Cc3c(-c4cccs4)nc4ccccc4c3C(=O)NC(C)C3CCCCC3)CC2=O)[nH]1. The Balaban J connectivity index is 1.22. The van der Waals surface area contributed by atoms with Gasteiger partial charge >= 0.3 is 0 Å². The second kappa shape index (κ2) is 13.9. The van der Waals surface area contributed by atoms with Crippen LogP contribution in [0.5, 0.6) is 0 Å². The van der Waals surface area contributed by atoms with E-state index >= 15 is 0 Å².